The second-order valence-corrected chi connectivity index (χ2v) is 6.25. The molecule has 2 rings (SSSR count). The molecular formula is C15H20ClFN2O2. The van der Waals surface area contributed by atoms with Crippen LogP contribution < -0.4 is 0 Å². The van der Waals surface area contributed by atoms with E-state index in [0.717, 1.165) is 0 Å². The lowest BCUT2D eigenvalue weighted by atomic mass is 10.0. The molecular weight excluding hydrogens is 295 g/mol. The molecule has 1 aromatic rings. The molecule has 6 heteroatoms. The summed E-state index contributed by atoms with van der Waals surface area (Å²) in [5.41, 5.74) is -0.376. The standard InChI is InChI=1S/C15H20ClFN2O2/c1-15(2,10-20)19-8-6-18(7-9-19)14(21)13-11(16)4-3-5-12(13)17/h3-5,20H,6-10H2,1-2H3. The minimum Gasteiger partial charge on any atom is -0.394 e. The lowest BCUT2D eigenvalue weighted by Crippen LogP contribution is -2.57. The van der Waals surface area contributed by atoms with Gasteiger partial charge in [0.05, 0.1) is 17.2 Å². The molecule has 4 nitrogen and oxygen atoms in total. The van der Waals surface area contributed by atoms with Crippen molar-refractivity contribution >= 4 is 17.5 Å². The van der Waals surface area contributed by atoms with E-state index >= 15 is 0 Å². The maximum atomic E-state index is 13.8. The number of nitrogens with zero attached hydrogens (tertiary/aromatic N) is 2. The van der Waals surface area contributed by atoms with Crippen LogP contribution >= 0.6 is 11.6 Å². The summed E-state index contributed by atoms with van der Waals surface area (Å²) in [5, 5.41) is 9.52. The lowest BCUT2D eigenvalue weighted by molar-refractivity contribution is 0.0163. The van der Waals surface area contributed by atoms with E-state index in [1.54, 1.807) is 4.90 Å². The Labute approximate surface area is 129 Å². The van der Waals surface area contributed by atoms with Crippen LogP contribution in [-0.4, -0.2) is 59.1 Å². The summed E-state index contributed by atoms with van der Waals surface area (Å²) in [4.78, 5) is 16.1. The van der Waals surface area contributed by atoms with Crippen molar-refractivity contribution < 1.29 is 14.3 Å². The molecule has 0 atom stereocenters. The van der Waals surface area contributed by atoms with Gasteiger partial charge in [0.1, 0.15) is 5.82 Å². The van der Waals surface area contributed by atoms with E-state index in [0.29, 0.717) is 26.2 Å². The number of hydrogen-bond acceptors (Lipinski definition) is 3. The van der Waals surface area contributed by atoms with Crippen molar-refractivity contribution in [3.8, 4) is 0 Å². The first-order valence-corrected chi connectivity index (χ1v) is 7.34. The average molecular weight is 315 g/mol. The van der Waals surface area contributed by atoms with E-state index in [1.807, 2.05) is 13.8 Å². The molecule has 0 saturated carbocycles. The predicted molar refractivity (Wildman–Crippen MR) is 80.1 cm³/mol. The van der Waals surface area contributed by atoms with E-state index in [2.05, 4.69) is 4.90 Å². The first kappa shape index (κ1) is 16.2. The van der Waals surface area contributed by atoms with Crippen LogP contribution in [0.1, 0.15) is 24.2 Å². The van der Waals surface area contributed by atoms with Crippen molar-refractivity contribution in [1.82, 2.24) is 9.80 Å². The number of rotatable bonds is 3. The van der Waals surface area contributed by atoms with Gasteiger partial charge in [0, 0.05) is 31.7 Å². The van der Waals surface area contributed by atoms with Crippen molar-refractivity contribution in [3.05, 3.63) is 34.6 Å². The molecule has 0 unspecified atom stereocenters. The van der Waals surface area contributed by atoms with E-state index < -0.39 is 5.82 Å². The van der Waals surface area contributed by atoms with Crippen LogP contribution in [0.3, 0.4) is 0 Å². The van der Waals surface area contributed by atoms with Crippen molar-refractivity contribution in [2.45, 2.75) is 19.4 Å². The molecule has 1 aliphatic rings. The molecule has 21 heavy (non-hydrogen) atoms. The Bertz CT molecular complexity index is 508. The number of carbonyl (C=O) groups excluding carboxylic acids is 1. The van der Waals surface area contributed by atoms with Crippen LogP contribution in [0.15, 0.2) is 18.2 Å². The molecule has 1 heterocycles. The van der Waals surface area contributed by atoms with Gasteiger partial charge in [-0.25, -0.2) is 4.39 Å². The minimum absolute atomic E-state index is 0.0556. The molecule has 1 amide bonds. The van der Waals surface area contributed by atoms with Crippen molar-refractivity contribution in [1.29, 1.82) is 0 Å². The van der Waals surface area contributed by atoms with Gasteiger partial charge < -0.3 is 10.0 Å². The van der Waals surface area contributed by atoms with Crippen LogP contribution in [0.5, 0.6) is 0 Å². The molecule has 1 saturated heterocycles. The fourth-order valence-corrected chi connectivity index (χ4v) is 2.72. The Kier molecular flexibility index (Phi) is 4.86. The first-order chi connectivity index (χ1) is 9.86. The molecule has 1 aromatic carbocycles. The largest absolute Gasteiger partial charge is 0.394 e. The Morgan fingerprint density at radius 2 is 1.95 bits per heavy atom. The summed E-state index contributed by atoms with van der Waals surface area (Å²) in [7, 11) is 0. The first-order valence-electron chi connectivity index (χ1n) is 6.96. The summed E-state index contributed by atoms with van der Waals surface area (Å²) in [6, 6.07) is 4.24. The third-order valence-electron chi connectivity index (χ3n) is 3.99. The maximum Gasteiger partial charge on any atom is 0.258 e. The average Bonchev–Trinajstić information content (AvgIpc) is 2.47. The third-order valence-corrected chi connectivity index (χ3v) is 4.30. The van der Waals surface area contributed by atoms with Gasteiger partial charge in [-0.15, -0.1) is 0 Å². The van der Waals surface area contributed by atoms with E-state index in [-0.39, 0.29) is 28.6 Å². The van der Waals surface area contributed by atoms with Gasteiger partial charge in [0.25, 0.3) is 5.91 Å². The number of amides is 1. The highest BCUT2D eigenvalue weighted by Crippen LogP contribution is 2.23. The van der Waals surface area contributed by atoms with Gasteiger partial charge in [0.15, 0.2) is 0 Å². The summed E-state index contributed by atoms with van der Waals surface area (Å²) in [6.45, 7) is 6.24. The zero-order valence-corrected chi connectivity index (χ0v) is 13.0. The van der Waals surface area contributed by atoms with Gasteiger partial charge in [-0.05, 0) is 26.0 Å². The maximum absolute atomic E-state index is 13.8. The normalized spacial score (nSPS) is 17.1. The number of carbonyl (C=O) groups is 1. The predicted octanol–water partition coefficient (Wildman–Crippen LogP) is 2.01. The Balaban J connectivity index is 2.07. The molecule has 0 aromatic heterocycles. The Morgan fingerprint density at radius 3 is 2.48 bits per heavy atom. The van der Waals surface area contributed by atoms with Crippen molar-refractivity contribution in [2.75, 3.05) is 32.8 Å². The van der Waals surface area contributed by atoms with Crippen LogP contribution in [0.25, 0.3) is 0 Å². The monoisotopic (exact) mass is 314 g/mol. The number of piperazine rings is 1. The van der Waals surface area contributed by atoms with Crippen LogP contribution in [0, 0.1) is 5.82 Å². The molecule has 0 bridgehead atoms. The van der Waals surface area contributed by atoms with E-state index in [4.69, 9.17) is 11.6 Å². The van der Waals surface area contributed by atoms with Gasteiger partial charge >= 0.3 is 0 Å². The second kappa shape index (κ2) is 6.30. The number of hydrogen-bond donors (Lipinski definition) is 1. The second-order valence-electron chi connectivity index (χ2n) is 5.85. The zero-order chi connectivity index (χ0) is 15.6. The Morgan fingerprint density at radius 1 is 1.33 bits per heavy atom. The third kappa shape index (κ3) is 3.36. The van der Waals surface area contributed by atoms with Gasteiger partial charge in [-0.3, -0.25) is 9.69 Å². The number of halogens is 2. The van der Waals surface area contributed by atoms with E-state index in [1.165, 1.54) is 18.2 Å². The minimum atomic E-state index is -0.592. The summed E-state index contributed by atoms with van der Waals surface area (Å²) in [5.74, 6) is -0.967. The number of aliphatic hydroxyl groups excluding tert-OH is 1. The molecule has 0 aliphatic carbocycles. The highest BCUT2D eigenvalue weighted by Gasteiger charge is 2.32. The summed E-state index contributed by atoms with van der Waals surface area (Å²) < 4.78 is 13.8. The molecule has 1 fully saturated rings. The SMILES string of the molecule is CC(C)(CO)N1CCN(C(=O)c2c(F)cccc2Cl)CC1. The quantitative estimate of drug-likeness (QED) is 0.928. The molecule has 0 radical (unpaired) electrons. The molecule has 0 spiro atoms. The fraction of sp³-hybridized carbons (Fsp3) is 0.533. The molecule has 1 N–H and O–H groups in total. The zero-order valence-electron chi connectivity index (χ0n) is 12.3. The number of benzene rings is 1. The smallest absolute Gasteiger partial charge is 0.258 e. The van der Waals surface area contributed by atoms with Crippen molar-refractivity contribution in [3.63, 3.8) is 0 Å². The van der Waals surface area contributed by atoms with Crippen molar-refractivity contribution in [2.24, 2.45) is 0 Å². The number of aliphatic hydroxyl groups is 1. The van der Waals surface area contributed by atoms with Gasteiger partial charge in [0.2, 0.25) is 0 Å². The van der Waals surface area contributed by atoms with Crippen LogP contribution in [0.2, 0.25) is 5.02 Å². The molecule has 116 valence electrons. The van der Waals surface area contributed by atoms with Gasteiger partial charge in [-0.1, -0.05) is 17.7 Å². The highest BCUT2D eigenvalue weighted by molar-refractivity contribution is 6.33. The van der Waals surface area contributed by atoms with Gasteiger partial charge in [-0.2, -0.15) is 0 Å². The highest BCUT2D eigenvalue weighted by atomic mass is 35.5. The summed E-state index contributed by atoms with van der Waals surface area (Å²) >= 11 is 5.94. The summed E-state index contributed by atoms with van der Waals surface area (Å²) in [6.07, 6.45) is 0. The fourth-order valence-electron chi connectivity index (χ4n) is 2.48. The molecule has 1 aliphatic heterocycles. The van der Waals surface area contributed by atoms with Crippen LogP contribution in [0.4, 0.5) is 4.39 Å². The van der Waals surface area contributed by atoms with Crippen LogP contribution in [-0.2, 0) is 0 Å². The lowest BCUT2D eigenvalue weighted by Gasteiger charge is -2.43. The van der Waals surface area contributed by atoms with E-state index in [9.17, 15) is 14.3 Å². The topological polar surface area (TPSA) is 43.8 Å². The Hall–Kier alpha value is -1.17.